The van der Waals surface area contributed by atoms with Crippen LogP contribution >= 0.6 is 11.8 Å². The number of para-hydroxylation sites is 1. The predicted molar refractivity (Wildman–Crippen MR) is 113 cm³/mol. The van der Waals surface area contributed by atoms with E-state index in [0.717, 1.165) is 55.1 Å². The molecular weight excluding hydrogens is 368 g/mol. The monoisotopic (exact) mass is 394 g/mol. The number of thioether (sulfide) groups is 1. The summed E-state index contributed by atoms with van der Waals surface area (Å²) in [7, 11) is 0. The van der Waals surface area contributed by atoms with Gasteiger partial charge in [-0.3, -0.25) is 9.47 Å². The molecule has 1 aliphatic rings. The smallest absolute Gasteiger partial charge is 0.195 e. The minimum Gasteiger partial charge on any atom is -0.376 e. The largest absolute Gasteiger partial charge is 0.376 e. The molecule has 0 N–H and O–H groups in total. The van der Waals surface area contributed by atoms with Crippen LogP contribution in [0.25, 0.3) is 5.69 Å². The summed E-state index contributed by atoms with van der Waals surface area (Å²) in [5.41, 5.74) is 2.35. The topological polar surface area (TPSA) is 43.2 Å². The summed E-state index contributed by atoms with van der Waals surface area (Å²) in [5, 5.41) is 10.00. The molecule has 0 spiro atoms. The maximum absolute atomic E-state index is 5.63. The van der Waals surface area contributed by atoms with Crippen LogP contribution in [0.3, 0.4) is 0 Å². The summed E-state index contributed by atoms with van der Waals surface area (Å²) >= 11 is 1.78. The van der Waals surface area contributed by atoms with Crippen molar-refractivity contribution in [1.82, 2.24) is 19.7 Å². The Kier molecular flexibility index (Phi) is 6.41. The summed E-state index contributed by atoms with van der Waals surface area (Å²) in [6.07, 6.45) is 1.09. The third-order valence-corrected chi connectivity index (χ3v) is 5.79. The fraction of sp³-hybridized carbons (Fsp3) is 0.364. The highest BCUT2D eigenvalue weighted by atomic mass is 32.2. The van der Waals surface area contributed by atoms with Gasteiger partial charge in [-0.15, -0.1) is 10.2 Å². The molecule has 2 heterocycles. The molecule has 0 aliphatic carbocycles. The van der Waals surface area contributed by atoms with Crippen molar-refractivity contribution in [3.8, 4) is 5.69 Å². The van der Waals surface area contributed by atoms with Crippen molar-refractivity contribution in [1.29, 1.82) is 0 Å². The second-order valence-electron chi connectivity index (χ2n) is 7.06. The van der Waals surface area contributed by atoms with Gasteiger partial charge in [-0.05, 0) is 24.6 Å². The van der Waals surface area contributed by atoms with E-state index >= 15 is 0 Å². The van der Waals surface area contributed by atoms with E-state index in [2.05, 4.69) is 75.1 Å². The zero-order valence-electron chi connectivity index (χ0n) is 16.2. The number of ether oxygens (including phenoxy) is 1. The van der Waals surface area contributed by atoms with E-state index in [4.69, 9.17) is 4.74 Å². The Morgan fingerprint density at radius 3 is 2.54 bits per heavy atom. The summed E-state index contributed by atoms with van der Waals surface area (Å²) < 4.78 is 7.83. The molecule has 5 nitrogen and oxygen atoms in total. The van der Waals surface area contributed by atoms with Gasteiger partial charge in [0.1, 0.15) is 5.82 Å². The summed E-state index contributed by atoms with van der Waals surface area (Å²) in [4.78, 5) is 2.47. The molecule has 28 heavy (non-hydrogen) atoms. The van der Waals surface area contributed by atoms with Crippen LogP contribution < -0.4 is 0 Å². The molecule has 1 aromatic heterocycles. The van der Waals surface area contributed by atoms with E-state index in [1.54, 1.807) is 11.8 Å². The SMILES string of the molecule is C[C@H]1CN(CCSc2nnc(Cc3ccccc3)n2-c2ccccc2)CCO1. The van der Waals surface area contributed by atoms with Gasteiger partial charge < -0.3 is 4.74 Å². The molecule has 2 aromatic carbocycles. The zero-order valence-corrected chi connectivity index (χ0v) is 17.0. The molecule has 6 heteroatoms. The molecule has 4 rings (SSSR count). The van der Waals surface area contributed by atoms with E-state index in [1.165, 1.54) is 5.56 Å². The Morgan fingerprint density at radius 1 is 1.04 bits per heavy atom. The first-order valence-electron chi connectivity index (χ1n) is 9.80. The lowest BCUT2D eigenvalue weighted by Gasteiger charge is -2.30. The summed E-state index contributed by atoms with van der Waals surface area (Å²) in [5.74, 6) is 1.96. The highest BCUT2D eigenvalue weighted by molar-refractivity contribution is 7.99. The number of nitrogens with zero attached hydrogens (tertiary/aromatic N) is 4. The third kappa shape index (κ3) is 4.82. The molecule has 0 saturated carbocycles. The Bertz CT molecular complexity index is 869. The van der Waals surface area contributed by atoms with Crippen molar-refractivity contribution in [2.75, 3.05) is 32.0 Å². The minimum absolute atomic E-state index is 0.323. The van der Waals surface area contributed by atoms with Crippen molar-refractivity contribution >= 4 is 11.8 Å². The standard InChI is InChI=1S/C22H26N4OS/c1-18-17-25(12-14-27-18)13-15-28-22-24-23-21(16-19-8-4-2-5-9-19)26(22)20-10-6-3-7-11-20/h2-11,18H,12-17H2,1H3/t18-/m0/s1. The molecule has 146 valence electrons. The van der Waals surface area contributed by atoms with Gasteiger partial charge >= 0.3 is 0 Å². The fourth-order valence-corrected chi connectivity index (χ4v) is 4.45. The molecule has 0 radical (unpaired) electrons. The van der Waals surface area contributed by atoms with Crippen LogP contribution in [0, 0.1) is 0 Å². The number of hydrogen-bond donors (Lipinski definition) is 0. The molecule has 0 bridgehead atoms. The predicted octanol–water partition coefficient (Wildman–Crippen LogP) is 3.67. The number of hydrogen-bond acceptors (Lipinski definition) is 5. The summed E-state index contributed by atoms with van der Waals surface area (Å²) in [6, 6.07) is 20.8. The first-order chi connectivity index (χ1) is 13.8. The Labute approximate surface area is 170 Å². The van der Waals surface area contributed by atoms with Crippen molar-refractivity contribution in [2.24, 2.45) is 0 Å². The van der Waals surface area contributed by atoms with Gasteiger partial charge in [0.15, 0.2) is 5.16 Å². The summed E-state index contributed by atoms with van der Waals surface area (Å²) in [6.45, 7) is 6.02. The number of rotatable bonds is 7. The molecule has 1 atom stereocenters. The maximum Gasteiger partial charge on any atom is 0.195 e. The molecule has 0 amide bonds. The van der Waals surface area contributed by atoms with Crippen LogP contribution in [0.5, 0.6) is 0 Å². The van der Waals surface area contributed by atoms with Crippen molar-refractivity contribution in [2.45, 2.75) is 24.6 Å². The Morgan fingerprint density at radius 2 is 1.79 bits per heavy atom. The highest BCUT2D eigenvalue weighted by Crippen LogP contribution is 2.23. The molecule has 1 fully saturated rings. The van der Waals surface area contributed by atoms with E-state index in [0.29, 0.717) is 6.10 Å². The number of aromatic nitrogens is 3. The van der Waals surface area contributed by atoms with Gasteiger partial charge in [-0.25, -0.2) is 0 Å². The fourth-order valence-electron chi connectivity index (χ4n) is 3.48. The van der Waals surface area contributed by atoms with Crippen LogP contribution in [0.4, 0.5) is 0 Å². The molecule has 0 unspecified atom stereocenters. The Hall–Kier alpha value is -2.15. The van der Waals surface area contributed by atoms with Gasteiger partial charge in [0.25, 0.3) is 0 Å². The second kappa shape index (κ2) is 9.37. The molecule has 1 saturated heterocycles. The van der Waals surface area contributed by atoms with E-state index in [1.807, 2.05) is 12.1 Å². The van der Waals surface area contributed by atoms with Gasteiger partial charge in [-0.2, -0.15) is 0 Å². The molecular formula is C22H26N4OS. The second-order valence-corrected chi connectivity index (χ2v) is 8.12. The van der Waals surface area contributed by atoms with E-state index < -0.39 is 0 Å². The lowest BCUT2D eigenvalue weighted by molar-refractivity contribution is -0.0158. The average molecular weight is 395 g/mol. The lowest BCUT2D eigenvalue weighted by Crippen LogP contribution is -2.42. The normalized spacial score (nSPS) is 17.7. The van der Waals surface area contributed by atoms with Crippen LogP contribution in [-0.4, -0.2) is 57.8 Å². The van der Waals surface area contributed by atoms with Gasteiger partial charge in [0.05, 0.1) is 12.7 Å². The van der Waals surface area contributed by atoms with Crippen molar-refractivity contribution in [3.63, 3.8) is 0 Å². The van der Waals surface area contributed by atoms with Gasteiger partial charge in [0, 0.05) is 37.5 Å². The number of morpholine rings is 1. The number of benzene rings is 2. The molecule has 3 aromatic rings. The third-order valence-electron chi connectivity index (χ3n) is 4.88. The van der Waals surface area contributed by atoms with Crippen molar-refractivity contribution in [3.05, 3.63) is 72.1 Å². The zero-order chi connectivity index (χ0) is 19.2. The first kappa shape index (κ1) is 19.2. The first-order valence-corrected chi connectivity index (χ1v) is 10.8. The lowest BCUT2D eigenvalue weighted by atomic mass is 10.1. The highest BCUT2D eigenvalue weighted by Gasteiger charge is 2.18. The average Bonchev–Trinajstić information content (AvgIpc) is 3.12. The van der Waals surface area contributed by atoms with Crippen LogP contribution in [0.2, 0.25) is 0 Å². The quantitative estimate of drug-likeness (QED) is 0.572. The van der Waals surface area contributed by atoms with Gasteiger partial charge in [-0.1, -0.05) is 60.3 Å². The van der Waals surface area contributed by atoms with Crippen LogP contribution in [0.15, 0.2) is 65.8 Å². The molecule has 1 aliphatic heterocycles. The van der Waals surface area contributed by atoms with Gasteiger partial charge in [0.2, 0.25) is 0 Å². The Balaban J connectivity index is 1.50. The minimum atomic E-state index is 0.323. The maximum atomic E-state index is 5.63. The van der Waals surface area contributed by atoms with E-state index in [-0.39, 0.29) is 0 Å². The van der Waals surface area contributed by atoms with Crippen molar-refractivity contribution < 1.29 is 4.74 Å². The van der Waals surface area contributed by atoms with E-state index in [9.17, 15) is 0 Å². The van der Waals surface area contributed by atoms with Crippen LogP contribution in [0.1, 0.15) is 18.3 Å². The van der Waals surface area contributed by atoms with Crippen LogP contribution in [-0.2, 0) is 11.2 Å².